The molecule has 1 aromatic carbocycles. The van der Waals surface area contributed by atoms with Crippen LogP contribution in [-0.4, -0.2) is 15.5 Å². The van der Waals surface area contributed by atoms with E-state index in [9.17, 15) is 8.78 Å². The summed E-state index contributed by atoms with van der Waals surface area (Å²) in [6, 6.07) is 9.31. The SMILES string of the molecule is FCCC[Si]1CCC(C2CCC(c3ccc(Cl)c(F)c3)CC2)CC1. The number of alkyl halides is 1. The largest absolute Gasteiger partial charge is 0.251 e. The average Bonchev–Trinajstić information content (AvgIpc) is 2.63. The van der Waals surface area contributed by atoms with E-state index in [4.69, 9.17) is 11.6 Å². The van der Waals surface area contributed by atoms with Crippen LogP contribution in [0.5, 0.6) is 0 Å². The lowest BCUT2D eigenvalue weighted by Gasteiger charge is -2.37. The van der Waals surface area contributed by atoms with Crippen LogP contribution in [0, 0.1) is 17.7 Å². The highest BCUT2D eigenvalue weighted by Gasteiger charge is 2.31. The smallest absolute Gasteiger partial charge is 0.142 e. The summed E-state index contributed by atoms with van der Waals surface area (Å²) in [6.45, 7) is -0.132. The molecule has 0 N–H and O–H groups in total. The van der Waals surface area contributed by atoms with Crippen molar-refractivity contribution in [3.05, 3.63) is 34.6 Å². The van der Waals surface area contributed by atoms with Crippen molar-refractivity contribution in [2.45, 2.75) is 69.0 Å². The maximum absolute atomic E-state index is 13.7. The van der Waals surface area contributed by atoms with Crippen LogP contribution in [0.25, 0.3) is 0 Å². The van der Waals surface area contributed by atoms with E-state index in [2.05, 4.69) is 0 Å². The normalized spacial score (nSPS) is 26.6. The maximum atomic E-state index is 13.7. The van der Waals surface area contributed by atoms with Gasteiger partial charge in [0.05, 0.1) is 11.7 Å². The third kappa shape index (κ3) is 4.60. The number of hydrogen-bond acceptors (Lipinski definition) is 0. The Bertz CT molecular complexity index is 520. The topological polar surface area (TPSA) is 0 Å². The van der Waals surface area contributed by atoms with Gasteiger partial charge in [-0.1, -0.05) is 48.6 Å². The molecule has 0 unspecified atom stereocenters. The van der Waals surface area contributed by atoms with Crippen LogP contribution < -0.4 is 0 Å². The highest BCUT2D eigenvalue weighted by molar-refractivity contribution is 6.58. The molecule has 1 heterocycles. The van der Waals surface area contributed by atoms with Crippen LogP contribution in [0.4, 0.5) is 8.78 Å². The molecule has 2 fully saturated rings. The van der Waals surface area contributed by atoms with Gasteiger partial charge in [0.2, 0.25) is 0 Å². The second-order valence-corrected chi connectivity index (χ2v) is 11.1. The summed E-state index contributed by atoms with van der Waals surface area (Å²) in [7, 11) is -0.237. The molecule has 0 aromatic heterocycles. The van der Waals surface area contributed by atoms with Crippen LogP contribution in [0.3, 0.4) is 0 Å². The molecule has 0 amide bonds. The average molecular weight is 370 g/mol. The molecule has 24 heavy (non-hydrogen) atoms. The minimum absolute atomic E-state index is 0.132. The fourth-order valence-electron chi connectivity index (χ4n) is 4.78. The third-order valence-electron chi connectivity index (χ3n) is 6.25. The van der Waals surface area contributed by atoms with Crippen molar-refractivity contribution in [3.8, 4) is 0 Å². The molecule has 133 valence electrons. The van der Waals surface area contributed by atoms with Gasteiger partial charge in [-0.3, -0.25) is 4.39 Å². The standard InChI is InChI=1S/C20H28ClF2Si/c21-19-7-6-18(14-20(19)23)16-4-2-15(3-5-16)17-8-12-24(13-9-17)11-1-10-22/h6-7,14-17H,1-5,8-13H2. The van der Waals surface area contributed by atoms with Crippen molar-refractivity contribution in [3.63, 3.8) is 0 Å². The molecule has 1 aromatic rings. The lowest BCUT2D eigenvalue weighted by atomic mass is 9.72. The number of halogens is 3. The summed E-state index contributed by atoms with van der Waals surface area (Å²) < 4.78 is 26.0. The predicted molar refractivity (Wildman–Crippen MR) is 99.6 cm³/mol. The molecule has 1 radical (unpaired) electrons. The van der Waals surface area contributed by atoms with Crippen LogP contribution in [0.15, 0.2) is 18.2 Å². The maximum Gasteiger partial charge on any atom is 0.142 e. The Morgan fingerprint density at radius 2 is 1.67 bits per heavy atom. The Hall–Kier alpha value is -0.413. The second-order valence-electron chi connectivity index (χ2n) is 7.67. The zero-order chi connectivity index (χ0) is 16.9. The summed E-state index contributed by atoms with van der Waals surface area (Å²) in [6.07, 6.45) is 8.49. The van der Waals surface area contributed by atoms with Gasteiger partial charge in [0.15, 0.2) is 0 Å². The third-order valence-corrected chi connectivity index (χ3v) is 9.61. The van der Waals surface area contributed by atoms with Gasteiger partial charge < -0.3 is 0 Å². The molecular formula is C20H28ClF2Si. The minimum Gasteiger partial charge on any atom is -0.251 e. The Labute approximate surface area is 151 Å². The van der Waals surface area contributed by atoms with E-state index in [1.807, 2.05) is 6.07 Å². The van der Waals surface area contributed by atoms with Gasteiger partial charge in [0.25, 0.3) is 0 Å². The Kier molecular flexibility index (Phi) is 6.74. The van der Waals surface area contributed by atoms with E-state index in [0.717, 1.165) is 23.8 Å². The summed E-state index contributed by atoms with van der Waals surface area (Å²) in [4.78, 5) is 0. The Morgan fingerprint density at radius 3 is 2.29 bits per heavy atom. The van der Waals surface area contributed by atoms with E-state index < -0.39 is 0 Å². The second kappa shape index (κ2) is 8.80. The highest BCUT2D eigenvalue weighted by Crippen LogP contribution is 2.43. The van der Waals surface area contributed by atoms with E-state index in [0.29, 0.717) is 5.92 Å². The van der Waals surface area contributed by atoms with Crippen molar-refractivity contribution < 1.29 is 8.78 Å². The van der Waals surface area contributed by atoms with Gasteiger partial charge in [0.1, 0.15) is 5.82 Å². The molecule has 1 saturated heterocycles. The van der Waals surface area contributed by atoms with Crippen molar-refractivity contribution in [2.24, 2.45) is 11.8 Å². The molecule has 0 nitrogen and oxygen atoms in total. The molecule has 3 rings (SSSR count). The molecule has 0 spiro atoms. The molecule has 2 aliphatic rings. The molecule has 1 saturated carbocycles. The van der Waals surface area contributed by atoms with Gasteiger partial charge >= 0.3 is 0 Å². The van der Waals surface area contributed by atoms with Crippen molar-refractivity contribution >= 4 is 20.4 Å². The molecular weight excluding hydrogens is 342 g/mol. The van der Waals surface area contributed by atoms with Crippen molar-refractivity contribution in [2.75, 3.05) is 6.67 Å². The van der Waals surface area contributed by atoms with Crippen LogP contribution in [-0.2, 0) is 0 Å². The summed E-state index contributed by atoms with van der Waals surface area (Å²) in [5.41, 5.74) is 1.12. The first kappa shape index (κ1) is 18.4. The summed E-state index contributed by atoms with van der Waals surface area (Å²) in [5.74, 6) is 1.97. The fourth-order valence-corrected chi connectivity index (χ4v) is 7.84. The number of rotatable bonds is 5. The van der Waals surface area contributed by atoms with Gasteiger partial charge in [-0.05, 0) is 67.6 Å². The first-order chi connectivity index (χ1) is 11.7. The van der Waals surface area contributed by atoms with Crippen LogP contribution in [0.1, 0.15) is 56.4 Å². The highest BCUT2D eigenvalue weighted by atomic mass is 35.5. The molecule has 1 aliphatic carbocycles. The van der Waals surface area contributed by atoms with E-state index in [-0.39, 0.29) is 26.3 Å². The monoisotopic (exact) mass is 369 g/mol. The van der Waals surface area contributed by atoms with Crippen LogP contribution in [0.2, 0.25) is 23.2 Å². The zero-order valence-corrected chi connectivity index (χ0v) is 16.1. The van der Waals surface area contributed by atoms with E-state index in [1.54, 1.807) is 12.1 Å². The molecule has 4 heteroatoms. The van der Waals surface area contributed by atoms with Crippen molar-refractivity contribution in [1.29, 1.82) is 0 Å². The fraction of sp³-hybridized carbons (Fsp3) is 0.700. The Balaban J connectivity index is 1.46. The van der Waals surface area contributed by atoms with E-state index in [1.165, 1.54) is 56.7 Å². The van der Waals surface area contributed by atoms with Gasteiger partial charge in [-0.2, -0.15) is 0 Å². The number of hydrogen-bond donors (Lipinski definition) is 0. The van der Waals surface area contributed by atoms with Gasteiger partial charge in [0, 0.05) is 8.80 Å². The Morgan fingerprint density at radius 1 is 1.00 bits per heavy atom. The van der Waals surface area contributed by atoms with Crippen molar-refractivity contribution in [1.82, 2.24) is 0 Å². The predicted octanol–water partition coefficient (Wildman–Crippen LogP) is 7.02. The molecule has 1 aliphatic heterocycles. The lowest BCUT2D eigenvalue weighted by molar-refractivity contribution is 0.216. The zero-order valence-electron chi connectivity index (χ0n) is 14.4. The number of benzene rings is 1. The first-order valence-corrected chi connectivity index (χ1v) is 12.0. The molecule has 0 bridgehead atoms. The lowest BCUT2D eigenvalue weighted by Crippen LogP contribution is -2.28. The quantitative estimate of drug-likeness (QED) is 0.489. The van der Waals surface area contributed by atoms with Crippen LogP contribution >= 0.6 is 11.6 Å². The first-order valence-electron chi connectivity index (χ1n) is 9.52. The van der Waals surface area contributed by atoms with E-state index >= 15 is 0 Å². The van der Waals surface area contributed by atoms with Gasteiger partial charge in [-0.15, -0.1) is 0 Å². The summed E-state index contributed by atoms with van der Waals surface area (Å²) in [5, 5.41) is 0.222. The minimum atomic E-state index is -0.286. The van der Waals surface area contributed by atoms with Gasteiger partial charge in [-0.25, -0.2) is 4.39 Å². The summed E-state index contributed by atoms with van der Waals surface area (Å²) >= 11 is 5.79. The molecule has 0 atom stereocenters.